The van der Waals surface area contributed by atoms with Gasteiger partial charge in [0.2, 0.25) is 0 Å². The fourth-order valence-electron chi connectivity index (χ4n) is 1.45. The summed E-state index contributed by atoms with van der Waals surface area (Å²) in [6, 6.07) is 0. The Bertz CT molecular complexity index is 243. The lowest BCUT2D eigenvalue weighted by Crippen LogP contribution is -2.12. The summed E-state index contributed by atoms with van der Waals surface area (Å²) < 4.78 is 11.6. The minimum atomic E-state index is -0.140. The molecule has 0 radical (unpaired) electrons. The van der Waals surface area contributed by atoms with Crippen LogP contribution in [0.1, 0.15) is 46.0 Å². The van der Waals surface area contributed by atoms with Crippen molar-refractivity contribution >= 4 is 15.9 Å². The fraction of sp³-hybridized carbons (Fsp3) is 0.714. The molecule has 0 heterocycles. The molecule has 0 rings (SSSR count). The molecule has 0 amide bonds. The Labute approximate surface area is 114 Å². The van der Waals surface area contributed by atoms with Gasteiger partial charge in [-0.2, -0.15) is 0 Å². The molecule has 0 aliphatic rings. The van der Waals surface area contributed by atoms with Gasteiger partial charge in [0.15, 0.2) is 6.29 Å². The first-order chi connectivity index (χ1) is 8.13. The van der Waals surface area contributed by atoms with Crippen molar-refractivity contribution in [2.24, 2.45) is 0 Å². The van der Waals surface area contributed by atoms with E-state index < -0.39 is 0 Å². The summed E-state index contributed by atoms with van der Waals surface area (Å²) in [5.74, 6) is 0. The number of allylic oxidation sites excluding steroid dienone is 3. The van der Waals surface area contributed by atoms with Crippen LogP contribution in [0.5, 0.6) is 0 Å². The van der Waals surface area contributed by atoms with E-state index in [0.29, 0.717) is 0 Å². The van der Waals surface area contributed by atoms with Gasteiger partial charge >= 0.3 is 0 Å². The van der Waals surface area contributed by atoms with Crippen molar-refractivity contribution in [3.63, 3.8) is 0 Å². The third-order valence-electron chi connectivity index (χ3n) is 2.58. The monoisotopic (exact) mass is 304 g/mol. The van der Waals surface area contributed by atoms with Gasteiger partial charge in [0.1, 0.15) is 0 Å². The van der Waals surface area contributed by atoms with Crippen LogP contribution in [-0.4, -0.2) is 20.5 Å². The number of hydrogen-bond donors (Lipinski definition) is 0. The zero-order valence-electron chi connectivity index (χ0n) is 11.5. The average Bonchev–Trinajstić information content (AvgIpc) is 2.33. The number of halogens is 1. The molecule has 0 aliphatic heterocycles. The van der Waals surface area contributed by atoms with Crippen molar-refractivity contribution < 1.29 is 9.47 Å². The average molecular weight is 305 g/mol. The molecule has 100 valence electrons. The molecule has 0 atom stereocenters. The Morgan fingerprint density at radius 2 is 1.82 bits per heavy atom. The largest absolute Gasteiger partial charge is 0.356 e. The van der Waals surface area contributed by atoms with Crippen LogP contribution in [0.25, 0.3) is 0 Å². The number of unbranched alkanes of at least 4 members (excludes halogenated alkanes) is 2. The highest BCUT2D eigenvalue weighted by Crippen LogP contribution is 2.16. The highest BCUT2D eigenvalue weighted by molar-refractivity contribution is 9.11. The van der Waals surface area contributed by atoms with E-state index in [1.807, 2.05) is 0 Å². The van der Waals surface area contributed by atoms with Gasteiger partial charge < -0.3 is 9.47 Å². The van der Waals surface area contributed by atoms with E-state index in [2.05, 4.69) is 41.9 Å². The Kier molecular flexibility index (Phi) is 10.9. The molecular formula is C14H25BrO2. The van der Waals surface area contributed by atoms with Gasteiger partial charge in [-0.15, -0.1) is 0 Å². The Balaban J connectivity index is 4.05. The highest BCUT2D eigenvalue weighted by atomic mass is 79.9. The van der Waals surface area contributed by atoms with Crippen molar-refractivity contribution in [2.75, 3.05) is 14.2 Å². The number of hydrogen-bond acceptors (Lipinski definition) is 2. The summed E-state index contributed by atoms with van der Waals surface area (Å²) in [6.45, 7) is 4.31. The second-order valence-electron chi connectivity index (χ2n) is 4.19. The van der Waals surface area contributed by atoms with Gasteiger partial charge in [-0.3, -0.25) is 0 Å². The summed E-state index contributed by atoms with van der Waals surface area (Å²) in [7, 11) is 3.33. The van der Waals surface area contributed by atoms with Gasteiger partial charge in [0.25, 0.3) is 0 Å². The summed E-state index contributed by atoms with van der Waals surface area (Å²) in [5, 5.41) is 0. The zero-order valence-corrected chi connectivity index (χ0v) is 13.0. The first-order valence-corrected chi connectivity index (χ1v) is 7.00. The molecule has 3 heteroatoms. The third-order valence-corrected chi connectivity index (χ3v) is 3.24. The highest BCUT2D eigenvalue weighted by Gasteiger charge is 2.04. The lowest BCUT2D eigenvalue weighted by atomic mass is 10.1. The molecule has 0 N–H and O–H groups in total. The maximum Gasteiger partial charge on any atom is 0.160 e. The Morgan fingerprint density at radius 3 is 2.35 bits per heavy atom. The molecule has 0 saturated heterocycles. The Hall–Kier alpha value is -0.120. The Morgan fingerprint density at radius 1 is 1.18 bits per heavy atom. The molecule has 0 bridgehead atoms. The van der Waals surface area contributed by atoms with Crippen molar-refractivity contribution in [1.82, 2.24) is 0 Å². The maximum atomic E-state index is 5.16. The van der Waals surface area contributed by atoms with Crippen molar-refractivity contribution in [3.05, 3.63) is 22.2 Å². The quantitative estimate of drug-likeness (QED) is 0.346. The van der Waals surface area contributed by atoms with E-state index in [-0.39, 0.29) is 6.29 Å². The van der Waals surface area contributed by atoms with E-state index in [1.54, 1.807) is 14.2 Å². The minimum absolute atomic E-state index is 0.140. The van der Waals surface area contributed by atoms with Crippen molar-refractivity contribution in [1.29, 1.82) is 0 Å². The zero-order chi connectivity index (χ0) is 13.1. The van der Waals surface area contributed by atoms with Gasteiger partial charge in [-0.05, 0) is 24.2 Å². The normalized spacial score (nSPS) is 13.5. The van der Waals surface area contributed by atoms with Crippen LogP contribution in [0.4, 0.5) is 0 Å². The number of rotatable bonds is 9. The number of ether oxygens (including phenoxy) is 2. The van der Waals surface area contributed by atoms with Crippen LogP contribution < -0.4 is 0 Å². The summed E-state index contributed by atoms with van der Waals surface area (Å²) in [6.07, 6.45) is 9.85. The molecule has 0 unspecified atom stereocenters. The topological polar surface area (TPSA) is 18.5 Å². The van der Waals surface area contributed by atoms with Crippen LogP contribution >= 0.6 is 15.9 Å². The van der Waals surface area contributed by atoms with Crippen LogP contribution in [0, 0.1) is 0 Å². The molecule has 2 nitrogen and oxygen atoms in total. The molecule has 0 fully saturated rings. The third kappa shape index (κ3) is 9.57. The molecule has 0 aliphatic carbocycles. The minimum Gasteiger partial charge on any atom is -0.356 e. The SMILES string of the molecule is CCCCCC(Br)=CC=C(C)CC(OC)OC. The molecular weight excluding hydrogens is 280 g/mol. The summed E-state index contributed by atoms with van der Waals surface area (Å²) in [4.78, 5) is 0. The van der Waals surface area contributed by atoms with Crippen LogP contribution in [0.2, 0.25) is 0 Å². The molecule has 0 spiro atoms. The van der Waals surface area contributed by atoms with E-state index in [1.165, 1.54) is 29.3 Å². The van der Waals surface area contributed by atoms with Crippen LogP contribution in [0.3, 0.4) is 0 Å². The van der Waals surface area contributed by atoms with Crippen LogP contribution in [0.15, 0.2) is 22.2 Å². The second kappa shape index (κ2) is 11.0. The van der Waals surface area contributed by atoms with E-state index >= 15 is 0 Å². The molecule has 0 aromatic rings. The lowest BCUT2D eigenvalue weighted by molar-refractivity contribution is -0.100. The summed E-state index contributed by atoms with van der Waals surface area (Å²) >= 11 is 3.59. The van der Waals surface area contributed by atoms with Gasteiger partial charge in [0, 0.05) is 20.6 Å². The molecule has 0 aromatic carbocycles. The summed E-state index contributed by atoms with van der Waals surface area (Å²) in [5.41, 5.74) is 1.26. The second-order valence-corrected chi connectivity index (χ2v) is 5.21. The number of methoxy groups -OCH3 is 2. The van der Waals surface area contributed by atoms with E-state index in [4.69, 9.17) is 9.47 Å². The molecule has 17 heavy (non-hydrogen) atoms. The van der Waals surface area contributed by atoms with Gasteiger partial charge in [-0.1, -0.05) is 53.4 Å². The van der Waals surface area contributed by atoms with Gasteiger partial charge in [0.05, 0.1) is 0 Å². The smallest absolute Gasteiger partial charge is 0.160 e. The van der Waals surface area contributed by atoms with E-state index in [0.717, 1.165) is 12.8 Å². The van der Waals surface area contributed by atoms with Crippen LogP contribution in [-0.2, 0) is 9.47 Å². The maximum absolute atomic E-state index is 5.16. The molecule has 0 saturated carbocycles. The predicted octanol–water partition coefficient (Wildman–Crippen LogP) is 4.80. The van der Waals surface area contributed by atoms with Crippen molar-refractivity contribution in [3.8, 4) is 0 Å². The first kappa shape index (κ1) is 16.9. The van der Waals surface area contributed by atoms with Gasteiger partial charge in [-0.25, -0.2) is 0 Å². The predicted molar refractivity (Wildman–Crippen MR) is 77.3 cm³/mol. The fourth-order valence-corrected chi connectivity index (χ4v) is 1.87. The lowest BCUT2D eigenvalue weighted by Gasteiger charge is -2.12. The molecule has 0 aromatic heterocycles. The first-order valence-electron chi connectivity index (χ1n) is 6.21. The standard InChI is InChI=1S/C14H25BrO2/c1-5-6-7-8-13(15)10-9-12(2)11-14(16-3)17-4/h9-10,14H,5-8,11H2,1-4H3. The van der Waals surface area contributed by atoms with Crippen molar-refractivity contribution in [2.45, 2.75) is 52.2 Å². The van der Waals surface area contributed by atoms with E-state index in [9.17, 15) is 0 Å².